The highest BCUT2D eigenvalue weighted by molar-refractivity contribution is 9.10. The quantitative estimate of drug-likeness (QED) is 0.855. The van der Waals surface area contributed by atoms with Crippen molar-refractivity contribution >= 4 is 33.3 Å². The molecule has 1 atom stereocenters. The van der Waals surface area contributed by atoms with Gasteiger partial charge in [0.15, 0.2) is 0 Å². The highest BCUT2D eigenvalue weighted by Crippen LogP contribution is 2.21. The molecule has 0 saturated carbocycles. The summed E-state index contributed by atoms with van der Waals surface area (Å²) in [4.78, 5) is 6.96. The molecule has 4 nitrogen and oxygen atoms in total. The van der Waals surface area contributed by atoms with Crippen LogP contribution in [0, 0.1) is 0 Å². The van der Waals surface area contributed by atoms with E-state index in [-0.39, 0.29) is 6.04 Å². The average Bonchev–Trinajstić information content (AvgIpc) is 3.00. The minimum absolute atomic E-state index is 0.139. The molecular weight excluding hydrogens is 354 g/mol. The Morgan fingerprint density at radius 3 is 2.78 bits per heavy atom. The summed E-state index contributed by atoms with van der Waals surface area (Å²) in [7, 11) is 0. The first-order chi connectivity index (χ1) is 11.2. The lowest BCUT2D eigenvalue weighted by atomic mass is 10.2. The number of rotatable bonds is 5. The Balaban J connectivity index is 1.63. The van der Waals surface area contributed by atoms with Crippen LogP contribution >= 0.6 is 15.9 Å². The van der Waals surface area contributed by atoms with Gasteiger partial charge in [-0.2, -0.15) is 0 Å². The van der Waals surface area contributed by atoms with E-state index < -0.39 is 0 Å². The number of ether oxygens (including phenoxy) is 1. The van der Waals surface area contributed by atoms with Crippen LogP contribution in [0.5, 0.6) is 0 Å². The molecule has 0 unspecified atom stereocenters. The highest BCUT2D eigenvalue weighted by atomic mass is 79.9. The van der Waals surface area contributed by atoms with E-state index in [0.29, 0.717) is 12.6 Å². The van der Waals surface area contributed by atoms with Gasteiger partial charge in [0.1, 0.15) is 12.6 Å². The van der Waals surface area contributed by atoms with E-state index in [9.17, 15) is 0 Å². The van der Waals surface area contributed by atoms with Crippen molar-refractivity contribution in [1.29, 1.82) is 0 Å². The van der Waals surface area contributed by atoms with Crippen LogP contribution in [0.1, 0.15) is 6.92 Å². The zero-order valence-electron chi connectivity index (χ0n) is 13.1. The van der Waals surface area contributed by atoms with Crippen molar-refractivity contribution in [2.75, 3.05) is 29.9 Å². The second-order valence-electron chi connectivity index (χ2n) is 5.41. The van der Waals surface area contributed by atoms with E-state index in [4.69, 9.17) is 4.74 Å². The van der Waals surface area contributed by atoms with Gasteiger partial charge in [-0.3, -0.25) is 0 Å². The summed E-state index contributed by atoms with van der Waals surface area (Å²) in [5, 5.41) is 3.21. The van der Waals surface area contributed by atoms with Crippen molar-refractivity contribution in [3.05, 3.63) is 59.1 Å². The minimum atomic E-state index is 0.139. The first kappa shape index (κ1) is 15.9. The van der Waals surface area contributed by atoms with Crippen molar-refractivity contribution in [2.24, 2.45) is 4.99 Å². The van der Waals surface area contributed by atoms with Gasteiger partial charge in [-0.1, -0.05) is 40.2 Å². The van der Waals surface area contributed by atoms with Gasteiger partial charge in [-0.05, 0) is 37.3 Å². The summed E-state index contributed by atoms with van der Waals surface area (Å²) in [5.74, 6) is 0. The molecule has 0 aromatic heterocycles. The lowest BCUT2D eigenvalue weighted by Crippen LogP contribution is -2.32. The molecule has 1 aliphatic heterocycles. The zero-order chi connectivity index (χ0) is 16.1. The molecule has 0 bridgehead atoms. The second-order valence-corrected chi connectivity index (χ2v) is 6.32. The predicted octanol–water partition coefficient (Wildman–Crippen LogP) is 4.14. The number of amidine groups is 1. The number of hydrogen-bond acceptors (Lipinski definition) is 4. The number of halogens is 1. The van der Waals surface area contributed by atoms with Crippen LogP contribution in [-0.4, -0.2) is 31.8 Å². The summed E-state index contributed by atoms with van der Waals surface area (Å²) in [6.07, 6.45) is 0. The van der Waals surface area contributed by atoms with Crippen molar-refractivity contribution < 1.29 is 4.74 Å². The molecule has 3 rings (SSSR count). The Morgan fingerprint density at radius 2 is 2.04 bits per heavy atom. The molecule has 1 heterocycles. The van der Waals surface area contributed by atoms with E-state index in [1.54, 1.807) is 0 Å². The van der Waals surface area contributed by atoms with Gasteiger partial charge in [0.25, 0.3) is 6.02 Å². The van der Waals surface area contributed by atoms with Gasteiger partial charge in [-0.25, -0.2) is 4.99 Å². The number of nitrogens with one attached hydrogen (secondary N) is 1. The van der Waals surface area contributed by atoms with Crippen LogP contribution in [0.2, 0.25) is 0 Å². The third-order valence-electron chi connectivity index (χ3n) is 3.72. The van der Waals surface area contributed by atoms with Crippen molar-refractivity contribution in [3.63, 3.8) is 0 Å². The van der Waals surface area contributed by atoms with Crippen LogP contribution in [0.25, 0.3) is 0 Å². The average molecular weight is 374 g/mol. The number of likely N-dealkylation sites (N-methyl/N-ethyl adjacent to an activating group) is 1. The van der Waals surface area contributed by atoms with Gasteiger partial charge in [0.2, 0.25) is 0 Å². The number of para-hydroxylation sites is 1. The molecule has 0 amide bonds. The smallest absolute Gasteiger partial charge is 0.289 e. The molecule has 0 radical (unpaired) electrons. The normalized spacial score (nSPS) is 16.6. The Morgan fingerprint density at radius 1 is 1.22 bits per heavy atom. The third kappa shape index (κ3) is 4.26. The number of nitrogens with zero attached hydrogens (tertiary/aromatic N) is 2. The Kier molecular flexibility index (Phi) is 5.18. The van der Waals surface area contributed by atoms with E-state index >= 15 is 0 Å². The lowest BCUT2D eigenvalue weighted by molar-refractivity contribution is 0.316. The molecule has 0 saturated heterocycles. The van der Waals surface area contributed by atoms with E-state index in [1.807, 2.05) is 36.4 Å². The molecule has 0 spiro atoms. The SMILES string of the molecule is CCN(C[C@H]1COC(Nc2ccccc2)=N1)c1cccc(Br)c1. The number of anilines is 2. The van der Waals surface area contributed by atoms with Crippen LogP contribution in [0.3, 0.4) is 0 Å². The molecule has 1 aliphatic rings. The second kappa shape index (κ2) is 7.51. The monoisotopic (exact) mass is 373 g/mol. The minimum Gasteiger partial charge on any atom is -0.463 e. The number of benzene rings is 2. The summed E-state index contributed by atoms with van der Waals surface area (Å²) < 4.78 is 6.77. The first-order valence-electron chi connectivity index (χ1n) is 7.78. The highest BCUT2D eigenvalue weighted by Gasteiger charge is 2.21. The molecule has 0 fully saturated rings. The molecule has 1 N–H and O–H groups in total. The molecule has 2 aromatic carbocycles. The summed E-state index contributed by atoms with van der Waals surface area (Å²) in [6, 6.07) is 19.0. The maximum Gasteiger partial charge on any atom is 0.289 e. The summed E-state index contributed by atoms with van der Waals surface area (Å²) in [6.45, 7) is 4.54. The maximum atomic E-state index is 5.68. The van der Waals surface area contributed by atoms with Crippen LogP contribution in [0.4, 0.5) is 11.4 Å². The Labute approximate surface area is 145 Å². The van der Waals surface area contributed by atoms with Crippen molar-refractivity contribution in [1.82, 2.24) is 0 Å². The third-order valence-corrected chi connectivity index (χ3v) is 4.22. The van der Waals surface area contributed by atoms with Crippen LogP contribution in [-0.2, 0) is 4.74 Å². The van der Waals surface area contributed by atoms with Gasteiger partial charge >= 0.3 is 0 Å². The van der Waals surface area contributed by atoms with Crippen LogP contribution in [0.15, 0.2) is 64.1 Å². The summed E-state index contributed by atoms with van der Waals surface area (Å²) in [5.41, 5.74) is 2.19. The largest absolute Gasteiger partial charge is 0.463 e. The molecule has 0 aliphatic carbocycles. The maximum absolute atomic E-state index is 5.68. The zero-order valence-corrected chi connectivity index (χ0v) is 14.7. The van der Waals surface area contributed by atoms with Gasteiger partial charge in [0, 0.05) is 28.9 Å². The fourth-order valence-electron chi connectivity index (χ4n) is 2.57. The standard InChI is InChI=1S/C18H20BrN3O/c1-2-22(17-10-6-7-14(19)11-17)12-16-13-23-18(21-16)20-15-8-4-3-5-9-15/h3-11,16H,2,12-13H2,1H3,(H,20,21)/t16-/m0/s1. The lowest BCUT2D eigenvalue weighted by Gasteiger charge is -2.24. The van der Waals surface area contributed by atoms with E-state index in [2.05, 4.69) is 56.3 Å². The van der Waals surface area contributed by atoms with Crippen molar-refractivity contribution in [3.8, 4) is 0 Å². The van der Waals surface area contributed by atoms with Crippen LogP contribution < -0.4 is 10.2 Å². The Bertz CT molecular complexity index is 675. The number of hydrogen-bond donors (Lipinski definition) is 1. The van der Waals surface area contributed by atoms with Crippen molar-refractivity contribution in [2.45, 2.75) is 13.0 Å². The van der Waals surface area contributed by atoms with Gasteiger partial charge in [-0.15, -0.1) is 0 Å². The molecular formula is C18H20BrN3O. The fourth-order valence-corrected chi connectivity index (χ4v) is 2.95. The topological polar surface area (TPSA) is 36.9 Å². The van der Waals surface area contributed by atoms with E-state index in [1.165, 1.54) is 5.69 Å². The fraction of sp³-hybridized carbons (Fsp3) is 0.278. The first-order valence-corrected chi connectivity index (χ1v) is 8.57. The molecule has 120 valence electrons. The number of aliphatic imine (C=N–C) groups is 1. The Hall–Kier alpha value is -2.01. The molecule has 2 aromatic rings. The molecule has 5 heteroatoms. The van der Waals surface area contributed by atoms with E-state index in [0.717, 1.165) is 23.2 Å². The van der Waals surface area contributed by atoms with Gasteiger partial charge < -0.3 is 15.0 Å². The van der Waals surface area contributed by atoms with Gasteiger partial charge in [0.05, 0.1) is 0 Å². The predicted molar refractivity (Wildman–Crippen MR) is 99.3 cm³/mol. The molecule has 23 heavy (non-hydrogen) atoms. The summed E-state index contributed by atoms with van der Waals surface area (Å²) >= 11 is 3.53.